The van der Waals surface area contributed by atoms with Crippen LogP contribution in [0.15, 0.2) is 48.5 Å². The molecule has 128 valence electrons. The second kappa shape index (κ2) is 7.95. The number of carbonyl (C=O) groups is 1. The first-order chi connectivity index (χ1) is 11.9. The minimum Gasteiger partial charge on any atom is -0.456 e. The maximum Gasteiger partial charge on any atom is 0.339 e. The third-order valence-electron chi connectivity index (χ3n) is 3.38. The molecule has 2 amide bonds. The molecule has 1 atom stereocenters. The quantitative estimate of drug-likeness (QED) is 0.640. The predicted molar refractivity (Wildman–Crippen MR) is 89.3 cm³/mol. The van der Waals surface area contributed by atoms with E-state index in [2.05, 4.69) is 6.07 Å². The van der Waals surface area contributed by atoms with Gasteiger partial charge >= 0.3 is 6.03 Å². The van der Waals surface area contributed by atoms with E-state index in [0.29, 0.717) is 22.1 Å². The van der Waals surface area contributed by atoms with Crippen LogP contribution in [0.5, 0.6) is 11.5 Å². The van der Waals surface area contributed by atoms with Gasteiger partial charge in [-0.3, -0.25) is 5.21 Å². The van der Waals surface area contributed by atoms with Crippen molar-refractivity contribution in [1.82, 2.24) is 5.06 Å². The van der Waals surface area contributed by atoms with Crippen molar-refractivity contribution in [2.24, 2.45) is 5.73 Å². The number of nitriles is 1. The number of ether oxygens (including phenoxy) is 1. The molecule has 2 rings (SSSR count). The minimum absolute atomic E-state index is 0.263. The van der Waals surface area contributed by atoms with Crippen molar-refractivity contribution in [1.29, 1.82) is 5.26 Å². The first-order valence-corrected chi connectivity index (χ1v) is 7.34. The Hall–Kier alpha value is -3.37. The second-order valence-corrected chi connectivity index (χ2v) is 5.17. The molecule has 1 unspecified atom stereocenters. The van der Waals surface area contributed by atoms with Crippen LogP contribution in [0.3, 0.4) is 0 Å². The van der Waals surface area contributed by atoms with E-state index in [-0.39, 0.29) is 11.4 Å². The SMILES string of the molecule is CC(/C=C/c1cccc(Oc2ccc(F)cc2)c1C#N)N(O)C(N)=O. The van der Waals surface area contributed by atoms with E-state index in [1.807, 2.05) is 0 Å². The van der Waals surface area contributed by atoms with Crippen LogP contribution in [-0.2, 0) is 0 Å². The summed E-state index contributed by atoms with van der Waals surface area (Å²) >= 11 is 0. The highest BCUT2D eigenvalue weighted by molar-refractivity contribution is 5.71. The first-order valence-electron chi connectivity index (χ1n) is 7.34. The van der Waals surface area contributed by atoms with E-state index in [1.54, 1.807) is 31.2 Å². The number of nitrogens with zero attached hydrogens (tertiary/aromatic N) is 2. The Morgan fingerprint density at radius 2 is 2.04 bits per heavy atom. The first kappa shape index (κ1) is 18.0. The van der Waals surface area contributed by atoms with Crippen LogP contribution in [0.4, 0.5) is 9.18 Å². The summed E-state index contributed by atoms with van der Waals surface area (Å²) < 4.78 is 18.6. The van der Waals surface area contributed by atoms with Crippen molar-refractivity contribution < 1.29 is 19.1 Å². The Bertz CT molecular complexity index is 828. The molecule has 0 bridgehead atoms. The van der Waals surface area contributed by atoms with Gasteiger partial charge in [-0.1, -0.05) is 24.3 Å². The third kappa shape index (κ3) is 4.56. The van der Waals surface area contributed by atoms with Crippen molar-refractivity contribution in [3.63, 3.8) is 0 Å². The number of benzene rings is 2. The highest BCUT2D eigenvalue weighted by atomic mass is 19.1. The monoisotopic (exact) mass is 341 g/mol. The van der Waals surface area contributed by atoms with Crippen molar-refractivity contribution in [2.45, 2.75) is 13.0 Å². The molecule has 3 N–H and O–H groups in total. The molecule has 0 saturated carbocycles. The summed E-state index contributed by atoms with van der Waals surface area (Å²) in [5.41, 5.74) is 5.78. The van der Waals surface area contributed by atoms with Crippen molar-refractivity contribution in [2.75, 3.05) is 0 Å². The van der Waals surface area contributed by atoms with Gasteiger partial charge in [0.15, 0.2) is 0 Å². The maximum absolute atomic E-state index is 13.0. The minimum atomic E-state index is -0.981. The zero-order chi connectivity index (χ0) is 18.4. The predicted octanol–water partition coefficient (Wildman–Crippen LogP) is 3.66. The van der Waals surface area contributed by atoms with Gasteiger partial charge in [0.05, 0.1) is 6.04 Å². The highest BCUT2D eigenvalue weighted by Gasteiger charge is 2.13. The molecule has 25 heavy (non-hydrogen) atoms. The van der Waals surface area contributed by atoms with Crippen LogP contribution < -0.4 is 10.5 Å². The van der Waals surface area contributed by atoms with Crippen LogP contribution in [0, 0.1) is 17.1 Å². The Balaban J connectivity index is 2.27. The lowest BCUT2D eigenvalue weighted by molar-refractivity contribution is -0.0560. The topological polar surface area (TPSA) is 99.6 Å². The van der Waals surface area contributed by atoms with Crippen LogP contribution >= 0.6 is 0 Å². The molecule has 0 fully saturated rings. The number of rotatable bonds is 5. The molecule has 0 heterocycles. The summed E-state index contributed by atoms with van der Waals surface area (Å²) in [7, 11) is 0. The van der Waals surface area contributed by atoms with Gasteiger partial charge in [-0.2, -0.15) is 10.3 Å². The van der Waals surface area contributed by atoms with E-state index in [1.165, 1.54) is 30.3 Å². The van der Waals surface area contributed by atoms with E-state index >= 15 is 0 Å². The molecule has 2 aromatic rings. The summed E-state index contributed by atoms with van der Waals surface area (Å²) in [6, 6.07) is 10.8. The molecule has 0 aromatic heterocycles. The number of hydroxylamine groups is 2. The van der Waals surface area contributed by atoms with E-state index < -0.39 is 12.1 Å². The number of carbonyl (C=O) groups excluding carboxylic acids is 1. The Morgan fingerprint density at radius 3 is 2.64 bits per heavy atom. The largest absolute Gasteiger partial charge is 0.456 e. The van der Waals surface area contributed by atoms with E-state index in [4.69, 9.17) is 10.5 Å². The standard InChI is InChI=1S/C18H16FN3O3/c1-12(22(24)18(21)23)5-6-13-3-2-4-17(16(13)11-20)25-15-9-7-14(19)8-10-15/h2-10,12,24H,1H3,(H2,21,23)/b6-5+. The summed E-state index contributed by atoms with van der Waals surface area (Å²) in [5, 5.41) is 19.3. The average molecular weight is 341 g/mol. The number of halogens is 1. The Labute approximate surface area is 144 Å². The smallest absolute Gasteiger partial charge is 0.339 e. The fourth-order valence-corrected chi connectivity index (χ4v) is 2.05. The lowest BCUT2D eigenvalue weighted by atomic mass is 10.1. The lowest BCUT2D eigenvalue weighted by Crippen LogP contribution is -2.38. The van der Waals surface area contributed by atoms with Gasteiger partial charge in [0, 0.05) is 0 Å². The molecule has 0 spiro atoms. The number of hydrogen-bond donors (Lipinski definition) is 2. The van der Waals surface area contributed by atoms with Crippen molar-refractivity contribution in [3.8, 4) is 17.6 Å². The molecule has 0 radical (unpaired) electrons. The van der Waals surface area contributed by atoms with Gasteiger partial charge in [0.25, 0.3) is 0 Å². The zero-order valence-corrected chi connectivity index (χ0v) is 13.4. The summed E-state index contributed by atoms with van der Waals surface area (Å²) in [6.07, 6.45) is 3.09. The molecule has 6 nitrogen and oxygen atoms in total. The fourth-order valence-electron chi connectivity index (χ4n) is 2.05. The van der Waals surface area contributed by atoms with Crippen LogP contribution in [0.2, 0.25) is 0 Å². The molecular weight excluding hydrogens is 325 g/mol. The molecule has 0 aliphatic heterocycles. The molecule has 0 saturated heterocycles. The van der Waals surface area contributed by atoms with Gasteiger partial charge in [-0.25, -0.2) is 9.18 Å². The van der Waals surface area contributed by atoms with Gasteiger partial charge in [-0.05, 0) is 42.8 Å². The summed E-state index contributed by atoms with van der Waals surface area (Å²) in [4.78, 5) is 10.9. The number of primary amides is 1. The van der Waals surface area contributed by atoms with Crippen molar-refractivity contribution >= 4 is 12.1 Å². The number of nitrogens with two attached hydrogens (primary N) is 1. The summed E-state index contributed by atoms with van der Waals surface area (Å²) in [5.74, 6) is 0.309. The Morgan fingerprint density at radius 1 is 1.36 bits per heavy atom. The summed E-state index contributed by atoms with van der Waals surface area (Å²) in [6.45, 7) is 1.56. The number of urea groups is 1. The third-order valence-corrected chi connectivity index (χ3v) is 3.38. The number of hydrogen-bond acceptors (Lipinski definition) is 4. The van der Waals surface area contributed by atoms with Gasteiger partial charge in [0.1, 0.15) is 28.9 Å². The Kier molecular flexibility index (Phi) is 5.71. The lowest BCUT2D eigenvalue weighted by Gasteiger charge is -2.17. The maximum atomic E-state index is 13.0. The van der Waals surface area contributed by atoms with E-state index in [9.17, 15) is 19.7 Å². The van der Waals surface area contributed by atoms with E-state index in [0.717, 1.165) is 0 Å². The second-order valence-electron chi connectivity index (χ2n) is 5.17. The molecular formula is C18H16FN3O3. The average Bonchev–Trinajstić information content (AvgIpc) is 2.60. The molecule has 0 aliphatic carbocycles. The highest BCUT2D eigenvalue weighted by Crippen LogP contribution is 2.28. The number of amides is 2. The van der Waals surface area contributed by atoms with Crippen LogP contribution in [-0.4, -0.2) is 22.3 Å². The van der Waals surface area contributed by atoms with Crippen LogP contribution in [0.1, 0.15) is 18.1 Å². The molecule has 0 aliphatic rings. The van der Waals surface area contributed by atoms with Gasteiger partial charge in [0.2, 0.25) is 0 Å². The van der Waals surface area contributed by atoms with Crippen LogP contribution in [0.25, 0.3) is 6.08 Å². The fraction of sp³-hybridized carbons (Fsp3) is 0.111. The van der Waals surface area contributed by atoms with Crippen molar-refractivity contribution in [3.05, 3.63) is 65.5 Å². The van der Waals surface area contributed by atoms with Gasteiger partial charge < -0.3 is 10.5 Å². The van der Waals surface area contributed by atoms with Gasteiger partial charge in [-0.15, -0.1) is 0 Å². The molecule has 2 aromatic carbocycles. The normalized spacial score (nSPS) is 11.8. The zero-order valence-electron chi connectivity index (χ0n) is 13.4. The molecule has 7 heteroatoms.